The number of rotatable bonds is 6. The number of carbonyl (C=O) groups is 2. The molecule has 3 rings (SSSR count). The van der Waals surface area contributed by atoms with Crippen molar-refractivity contribution in [2.45, 2.75) is 33.0 Å². The molecule has 2 N–H and O–H groups in total. The lowest BCUT2D eigenvalue weighted by molar-refractivity contribution is -0.907. The summed E-state index contributed by atoms with van der Waals surface area (Å²) >= 11 is 2.91. The highest BCUT2D eigenvalue weighted by atomic mass is 32.1. The van der Waals surface area contributed by atoms with Crippen molar-refractivity contribution in [2.24, 2.45) is 0 Å². The SMILES string of the molecule is CCOC(=O)c1c(-c2cccs2)csc1NC(=O)C[NH+]1C[C@@H](C)O[C@H](C)C1. The Labute approximate surface area is 167 Å². The number of thiophene rings is 2. The molecule has 2 atom stereocenters. The van der Waals surface area contributed by atoms with Gasteiger partial charge in [0.15, 0.2) is 6.54 Å². The molecule has 0 saturated carbocycles. The molecule has 2 aromatic rings. The standard InChI is InChI=1S/C19H24N2O4S2/c1-4-24-19(23)17-14(15-6-5-7-26-15)11-27-18(17)20-16(22)10-21-8-12(2)25-13(3)9-21/h5-7,11-13H,4,8-10H2,1-3H3,(H,20,22)/p+1/t12-,13-/m1/s1. The van der Waals surface area contributed by atoms with Crippen molar-refractivity contribution >= 4 is 39.6 Å². The predicted molar refractivity (Wildman–Crippen MR) is 108 cm³/mol. The van der Waals surface area contributed by atoms with Crippen LogP contribution in [0.15, 0.2) is 22.9 Å². The van der Waals surface area contributed by atoms with Gasteiger partial charge in [-0.2, -0.15) is 0 Å². The second kappa shape index (κ2) is 8.97. The molecule has 1 saturated heterocycles. The Morgan fingerprint density at radius 1 is 1.30 bits per heavy atom. The Hall–Kier alpha value is -1.74. The van der Waals surface area contributed by atoms with Crippen molar-refractivity contribution in [1.82, 2.24) is 0 Å². The lowest BCUT2D eigenvalue weighted by Gasteiger charge is -2.31. The van der Waals surface area contributed by atoms with Gasteiger partial charge in [0.05, 0.1) is 6.61 Å². The second-order valence-electron chi connectivity index (χ2n) is 6.69. The lowest BCUT2D eigenvalue weighted by atomic mass is 10.1. The highest BCUT2D eigenvalue weighted by Gasteiger charge is 2.28. The smallest absolute Gasteiger partial charge is 0.341 e. The molecule has 2 aromatic heterocycles. The van der Waals surface area contributed by atoms with Gasteiger partial charge in [-0.3, -0.25) is 4.79 Å². The van der Waals surface area contributed by atoms with Gasteiger partial charge >= 0.3 is 5.97 Å². The highest BCUT2D eigenvalue weighted by molar-refractivity contribution is 7.17. The number of morpholine rings is 1. The van der Waals surface area contributed by atoms with Gasteiger partial charge in [0, 0.05) is 15.8 Å². The summed E-state index contributed by atoms with van der Waals surface area (Å²) in [5.41, 5.74) is 1.25. The Morgan fingerprint density at radius 2 is 2.04 bits per heavy atom. The molecule has 0 aliphatic carbocycles. The van der Waals surface area contributed by atoms with Crippen molar-refractivity contribution < 1.29 is 24.0 Å². The number of esters is 1. The molecule has 0 radical (unpaired) electrons. The number of nitrogens with one attached hydrogen (secondary N) is 2. The first-order chi connectivity index (χ1) is 13.0. The molecule has 0 spiro atoms. The average Bonchev–Trinajstić information content (AvgIpc) is 3.23. The van der Waals surface area contributed by atoms with Crippen LogP contribution in [0.3, 0.4) is 0 Å². The van der Waals surface area contributed by atoms with Crippen LogP contribution in [0.4, 0.5) is 5.00 Å². The molecular formula is C19H25N2O4S2+. The summed E-state index contributed by atoms with van der Waals surface area (Å²) < 4.78 is 11.0. The summed E-state index contributed by atoms with van der Waals surface area (Å²) in [6.45, 7) is 8.07. The molecule has 0 bridgehead atoms. The molecule has 0 aromatic carbocycles. The average molecular weight is 410 g/mol. The summed E-state index contributed by atoms with van der Waals surface area (Å²) in [6, 6.07) is 3.90. The normalized spacial score (nSPS) is 22.4. The lowest BCUT2D eigenvalue weighted by Crippen LogP contribution is -3.16. The molecular weight excluding hydrogens is 384 g/mol. The minimum absolute atomic E-state index is 0.101. The van der Waals surface area contributed by atoms with Gasteiger partial charge in [-0.05, 0) is 32.2 Å². The fraction of sp³-hybridized carbons (Fsp3) is 0.474. The third-order valence-electron chi connectivity index (χ3n) is 4.34. The molecule has 1 amide bonds. The molecule has 27 heavy (non-hydrogen) atoms. The maximum Gasteiger partial charge on any atom is 0.341 e. The number of hydrogen-bond donors (Lipinski definition) is 2. The van der Waals surface area contributed by atoms with E-state index in [-0.39, 0.29) is 18.1 Å². The highest BCUT2D eigenvalue weighted by Crippen LogP contribution is 2.38. The van der Waals surface area contributed by atoms with E-state index in [9.17, 15) is 9.59 Å². The van der Waals surface area contributed by atoms with Crippen molar-refractivity contribution in [3.8, 4) is 10.4 Å². The van der Waals surface area contributed by atoms with E-state index >= 15 is 0 Å². The van der Waals surface area contributed by atoms with Crippen LogP contribution in [0.25, 0.3) is 10.4 Å². The minimum atomic E-state index is -0.404. The zero-order valence-corrected chi connectivity index (χ0v) is 17.4. The van der Waals surface area contributed by atoms with Crippen LogP contribution in [-0.2, 0) is 14.3 Å². The monoisotopic (exact) mass is 409 g/mol. The molecule has 6 nitrogen and oxygen atoms in total. The maximum absolute atomic E-state index is 12.6. The van der Waals surface area contributed by atoms with E-state index in [4.69, 9.17) is 9.47 Å². The number of carbonyl (C=O) groups excluding carboxylic acids is 2. The fourth-order valence-corrected chi connectivity index (χ4v) is 5.19. The first-order valence-corrected chi connectivity index (χ1v) is 10.8. The molecule has 0 unspecified atom stereocenters. The van der Waals surface area contributed by atoms with Crippen molar-refractivity contribution in [2.75, 3.05) is 31.6 Å². The Morgan fingerprint density at radius 3 is 2.67 bits per heavy atom. The van der Waals surface area contributed by atoms with Crippen LogP contribution < -0.4 is 10.2 Å². The van der Waals surface area contributed by atoms with E-state index in [2.05, 4.69) is 5.32 Å². The summed E-state index contributed by atoms with van der Waals surface area (Å²) in [5.74, 6) is -0.505. The van der Waals surface area contributed by atoms with Crippen molar-refractivity contribution in [1.29, 1.82) is 0 Å². The van der Waals surface area contributed by atoms with E-state index < -0.39 is 5.97 Å². The maximum atomic E-state index is 12.6. The predicted octanol–water partition coefficient (Wildman–Crippen LogP) is 2.28. The number of amides is 1. The van der Waals surface area contributed by atoms with E-state index in [0.717, 1.165) is 23.5 Å². The Balaban J connectivity index is 1.76. The molecule has 8 heteroatoms. The summed E-state index contributed by atoms with van der Waals surface area (Å²) in [6.07, 6.45) is 0.276. The largest absolute Gasteiger partial charge is 0.462 e. The van der Waals surface area contributed by atoms with Gasteiger partial charge < -0.3 is 19.7 Å². The molecule has 3 heterocycles. The van der Waals surface area contributed by atoms with Crippen LogP contribution in [-0.4, -0.2) is 50.3 Å². The summed E-state index contributed by atoms with van der Waals surface area (Å²) in [7, 11) is 0. The molecule has 1 fully saturated rings. The first kappa shape index (κ1) is 20.0. The number of anilines is 1. The quantitative estimate of drug-likeness (QED) is 0.719. The van der Waals surface area contributed by atoms with Gasteiger partial charge in [0.1, 0.15) is 35.9 Å². The van der Waals surface area contributed by atoms with E-state index in [0.29, 0.717) is 23.7 Å². The van der Waals surface area contributed by atoms with Crippen LogP contribution in [0.1, 0.15) is 31.1 Å². The fourth-order valence-electron chi connectivity index (χ4n) is 3.40. The van der Waals surface area contributed by atoms with Gasteiger partial charge in [0.2, 0.25) is 0 Å². The molecule has 146 valence electrons. The number of hydrogen-bond acceptors (Lipinski definition) is 6. The van der Waals surface area contributed by atoms with Gasteiger partial charge in [-0.25, -0.2) is 4.79 Å². The second-order valence-corrected chi connectivity index (χ2v) is 8.52. The van der Waals surface area contributed by atoms with Crippen LogP contribution in [0.5, 0.6) is 0 Å². The van der Waals surface area contributed by atoms with E-state index in [1.807, 2.05) is 36.7 Å². The van der Waals surface area contributed by atoms with Crippen LogP contribution >= 0.6 is 22.7 Å². The van der Waals surface area contributed by atoms with Crippen LogP contribution in [0, 0.1) is 0 Å². The molecule has 1 aliphatic rings. The van der Waals surface area contributed by atoms with Gasteiger partial charge in [0.25, 0.3) is 5.91 Å². The van der Waals surface area contributed by atoms with Crippen LogP contribution in [0.2, 0.25) is 0 Å². The topological polar surface area (TPSA) is 69.1 Å². The number of quaternary nitrogens is 1. The van der Waals surface area contributed by atoms with Gasteiger partial charge in [-0.1, -0.05) is 6.07 Å². The van der Waals surface area contributed by atoms with E-state index in [1.54, 1.807) is 18.3 Å². The van der Waals surface area contributed by atoms with Crippen molar-refractivity contribution in [3.05, 3.63) is 28.5 Å². The van der Waals surface area contributed by atoms with Crippen molar-refractivity contribution in [3.63, 3.8) is 0 Å². The third kappa shape index (κ3) is 4.95. The zero-order chi connectivity index (χ0) is 19.4. The Kier molecular flexibility index (Phi) is 6.64. The minimum Gasteiger partial charge on any atom is -0.462 e. The third-order valence-corrected chi connectivity index (χ3v) is 6.14. The molecule has 1 aliphatic heterocycles. The zero-order valence-electron chi connectivity index (χ0n) is 15.7. The van der Waals surface area contributed by atoms with Gasteiger partial charge in [-0.15, -0.1) is 22.7 Å². The summed E-state index contributed by atoms with van der Waals surface area (Å²) in [5, 5.41) is 7.35. The summed E-state index contributed by atoms with van der Waals surface area (Å²) in [4.78, 5) is 27.3. The Bertz CT molecular complexity index is 778. The van der Waals surface area contributed by atoms with E-state index in [1.165, 1.54) is 16.2 Å². The first-order valence-electron chi connectivity index (χ1n) is 9.09. The number of ether oxygens (including phenoxy) is 2.